The van der Waals surface area contributed by atoms with Gasteiger partial charge in [0.1, 0.15) is 0 Å². The second-order valence-electron chi connectivity index (χ2n) is 4.54. The third-order valence-corrected chi connectivity index (χ3v) is 3.37. The molecule has 0 aromatic heterocycles. The largest absolute Gasteiger partial charge is 0.379 e. The van der Waals surface area contributed by atoms with Gasteiger partial charge in [-0.25, -0.2) is 0 Å². The Kier molecular flexibility index (Phi) is 7.33. The molecule has 0 amide bonds. The molecule has 0 aliphatic rings. The summed E-state index contributed by atoms with van der Waals surface area (Å²) in [5.74, 6) is 0. The zero-order valence-electron chi connectivity index (χ0n) is 11.6. The molecule has 0 fully saturated rings. The first-order valence-electron chi connectivity index (χ1n) is 6.76. The van der Waals surface area contributed by atoms with Gasteiger partial charge in [0.25, 0.3) is 0 Å². The van der Waals surface area contributed by atoms with E-state index < -0.39 is 0 Å². The van der Waals surface area contributed by atoms with Crippen LogP contribution in [0.3, 0.4) is 0 Å². The zero-order valence-corrected chi connectivity index (χ0v) is 12.4. The van der Waals surface area contributed by atoms with E-state index in [4.69, 9.17) is 16.3 Å². The van der Waals surface area contributed by atoms with Crippen molar-refractivity contribution in [1.29, 1.82) is 0 Å². The van der Waals surface area contributed by atoms with Gasteiger partial charge in [-0.1, -0.05) is 37.6 Å². The number of rotatable bonds is 8. The summed E-state index contributed by atoms with van der Waals surface area (Å²) in [4.78, 5) is 0. The van der Waals surface area contributed by atoms with Crippen molar-refractivity contribution in [3.8, 4) is 0 Å². The van der Waals surface area contributed by atoms with Crippen molar-refractivity contribution in [2.45, 2.75) is 39.7 Å². The van der Waals surface area contributed by atoms with Gasteiger partial charge in [0.15, 0.2) is 0 Å². The summed E-state index contributed by atoms with van der Waals surface area (Å²) in [5.41, 5.74) is 2.39. The smallest absolute Gasteiger partial charge is 0.0661 e. The lowest BCUT2D eigenvalue weighted by molar-refractivity contribution is 0.112. The molecule has 1 aromatic rings. The van der Waals surface area contributed by atoms with E-state index in [9.17, 15) is 0 Å². The van der Waals surface area contributed by atoms with Gasteiger partial charge in [0.2, 0.25) is 0 Å². The summed E-state index contributed by atoms with van der Waals surface area (Å²) in [7, 11) is 0. The van der Waals surface area contributed by atoms with Crippen molar-refractivity contribution in [2.75, 3.05) is 19.8 Å². The molecule has 3 heteroatoms. The van der Waals surface area contributed by atoms with Crippen LogP contribution in [0.25, 0.3) is 0 Å². The molecule has 0 bridgehead atoms. The number of benzene rings is 1. The van der Waals surface area contributed by atoms with E-state index in [0.29, 0.717) is 6.61 Å². The summed E-state index contributed by atoms with van der Waals surface area (Å²) in [6.07, 6.45) is 2.17. The summed E-state index contributed by atoms with van der Waals surface area (Å²) in [6.45, 7) is 8.87. The SMILES string of the molecule is CCCNC(COCCC)c1cccc(Cl)c1C. The molecule has 1 rings (SSSR count). The standard InChI is InChI=1S/C15H24ClNO/c1-4-9-17-15(11-18-10-5-2)13-7-6-8-14(16)12(13)3/h6-8,15,17H,4-5,9-11H2,1-3H3. The number of ether oxygens (including phenoxy) is 1. The third-order valence-electron chi connectivity index (χ3n) is 2.96. The Balaban J connectivity index is 2.76. The maximum atomic E-state index is 6.18. The molecule has 18 heavy (non-hydrogen) atoms. The Hall–Kier alpha value is -0.570. The Labute approximate surface area is 116 Å². The van der Waals surface area contributed by atoms with Gasteiger partial charge in [-0.3, -0.25) is 0 Å². The van der Waals surface area contributed by atoms with Crippen molar-refractivity contribution in [3.05, 3.63) is 34.3 Å². The molecule has 0 aliphatic carbocycles. The van der Waals surface area contributed by atoms with Crippen molar-refractivity contribution in [2.24, 2.45) is 0 Å². The molecule has 2 nitrogen and oxygen atoms in total. The highest BCUT2D eigenvalue weighted by Gasteiger charge is 2.14. The van der Waals surface area contributed by atoms with Crippen LogP contribution in [0.15, 0.2) is 18.2 Å². The molecule has 1 aromatic carbocycles. The summed E-state index contributed by atoms with van der Waals surface area (Å²) >= 11 is 6.18. The molecular formula is C15H24ClNO. The number of hydrogen-bond acceptors (Lipinski definition) is 2. The third kappa shape index (κ3) is 4.60. The lowest BCUT2D eigenvalue weighted by Crippen LogP contribution is -2.27. The highest BCUT2D eigenvalue weighted by Crippen LogP contribution is 2.24. The second kappa shape index (κ2) is 8.52. The van der Waals surface area contributed by atoms with Gasteiger partial charge in [-0.2, -0.15) is 0 Å². The van der Waals surface area contributed by atoms with Crippen LogP contribution in [-0.2, 0) is 4.74 Å². The number of halogens is 1. The summed E-state index contributed by atoms with van der Waals surface area (Å²) in [5, 5.41) is 4.35. The zero-order chi connectivity index (χ0) is 13.4. The lowest BCUT2D eigenvalue weighted by atomic mass is 10.0. The van der Waals surface area contributed by atoms with Gasteiger partial charge in [-0.05, 0) is 43.5 Å². The maximum Gasteiger partial charge on any atom is 0.0661 e. The predicted octanol–water partition coefficient (Wildman–Crippen LogP) is 4.12. The molecule has 102 valence electrons. The molecule has 0 heterocycles. The molecule has 0 radical (unpaired) electrons. The van der Waals surface area contributed by atoms with Gasteiger partial charge in [0, 0.05) is 11.6 Å². The van der Waals surface area contributed by atoms with Crippen LogP contribution in [0, 0.1) is 6.92 Å². The van der Waals surface area contributed by atoms with E-state index in [1.165, 1.54) is 5.56 Å². The average Bonchev–Trinajstić information content (AvgIpc) is 2.37. The minimum atomic E-state index is 0.232. The monoisotopic (exact) mass is 269 g/mol. The van der Waals surface area contributed by atoms with Gasteiger partial charge in [-0.15, -0.1) is 0 Å². The molecule has 0 saturated heterocycles. The molecule has 0 saturated carbocycles. The number of hydrogen-bond donors (Lipinski definition) is 1. The Morgan fingerprint density at radius 2 is 2.06 bits per heavy atom. The molecule has 0 aliphatic heterocycles. The second-order valence-corrected chi connectivity index (χ2v) is 4.94. The quantitative estimate of drug-likeness (QED) is 0.717. The molecular weight excluding hydrogens is 246 g/mol. The first-order valence-corrected chi connectivity index (χ1v) is 7.14. The predicted molar refractivity (Wildman–Crippen MR) is 78.3 cm³/mol. The first kappa shape index (κ1) is 15.5. The normalized spacial score (nSPS) is 12.7. The van der Waals surface area contributed by atoms with Crippen LogP contribution in [0.1, 0.15) is 43.9 Å². The highest BCUT2D eigenvalue weighted by atomic mass is 35.5. The van der Waals surface area contributed by atoms with Crippen LogP contribution >= 0.6 is 11.6 Å². The topological polar surface area (TPSA) is 21.3 Å². The fourth-order valence-electron chi connectivity index (χ4n) is 1.92. The Morgan fingerprint density at radius 1 is 1.28 bits per heavy atom. The van der Waals surface area contributed by atoms with Crippen molar-refractivity contribution < 1.29 is 4.74 Å². The van der Waals surface area contributed by atoms with E-state index >= 15 is 0 Å². The fourth-order valence-corrected chi connectivity index (χ4v) is 2.11. The van der Waals surface area contributed by atoms with Crippen LogP contribution in [0.2, 0.25) is 5.02 Å². The van der Waals surface area contributed by atoms with E-state index in [1.807, 2.05) is 12.1 Å². The minimum absolute atomic E-state index is 0.232. The van der Waals surface area contributed by atoms with Crippen molar-refractivity contribution in [3.63, 3.8) is 0 Å². The maximum absolute atomic E-state index is 6.18. The van der Waals surface area contributed by atoms with E-state index in [2.05, 4.69) is 32.2 Å². The summed E-state index contributed by atoms with van der Waals surface area (Å²) in [6, 6.07) is 6.30. The molecule has 1 unspecified atom stereocenters. The average molecular weight is 270 g/mol. The van der Waals surface area contributed by atoms with Crippen LogP contribution < -0.4 is 5.32 Å². The fraction of sp³-hybridized carbons (Fsp3) is 0.600. The van der Waals surface area contributed by atoms with E-state index in [0.717, 1.165) is 36.6 Å². The van der Waals surface area contributed by atoms with E-state index in [1.54, 1.807) is 0 Å². The van der Waals surface area contributed by atoms with Gasteiger partial charge < -0.3 is 10.1 Å². The van der Waals surface area contributed by atoms with Crippen LogP contribution in [0.5, 0.6) is 0 Å². The summed E-state index contributed by atoms with van der Waals surface area (Å²) < 4.78 is 5.69. The van der Waals surface area contributed by atoms with E-state index in [-0.39, 0.29) is 6.04 Å². The van der Waals surface area contributed by atoms with Crippen LogP contribution in [-0.4, -0.2) is 19.8 Å². The van der Waals surface area contributed by atoms with Crippen molar-refractivity contribution >= 4 is 11.6 Å². The Morgan fingerprint density at radius 3 is 2.72 bits per heavy atom. The molecule has 1 atom stereocenters. The minimum Gasteiger partial charge on any atom is -0.379 e. The highest BCUT2D eigenvalue weighted by molar-refractivity contribution is 6.31. The molecule has 0 spiro atoms. The Bertz CT molecular complexity index is 354. The lowest BCUT2D eigenvalue weighted by Gasteiger charge is -2.21. The van der Waals surface area contributed by atoms with Crippen LogP contribution in [0.4, 0.5) is 0 Å². The first-order chi connectivity index (χ1) is 8.70. The number of nitrogens with one attached hydrogen (secondary N) is 1. The van der Waals surface area contributed by atoms with Gasteiger partial charge >= 0.3 is 0 Å². The van der Waals surface area contributed by atoms with Crippen molar-refractivity contribution in [1.82, 2.24) is 5.32 Å². The molecule has 1 N–H and O–H groups in total. The van der Waals surface area contributed by atoms with Gasteiger partial charge in [0.05, 0.1) is 12.6 Å².